The van der Waals surface area contributed by atoms with Crippen LogP contribution in [-0.4, -0.2) is 28.2 Å². The molecule has 0 saturated heterocycles. The Labute approximate surface area is 114 Å². The molecule has 0 aromatic heterocycles. The standard InChI is InChI=1S/K.La.H4O4Si.H/c;;1-5(2,3)4;/h;;1-4H;/q+1;;;-1. The van der Waals surface area contributed by atoms with Crippen LogP contribution in [0.3, 0.4) is 0 Å². The van der Waals surface area contributed by atoms with Gasteiger partial charge in [0.25, 0.3) is 0 Å². The minimum absolute atomic E-state index is 0. The van der Waals surface area contributed by atoms with Gasteiger partial charge in [0.2, 0.25) is 0 Å². The van der Waals surface area contributed by atoms with E-state index in [4.69, 9.17) is 19.2 Å². The Morgan fingerprint density at radius 3 is 1.00 bits per heavy atom. The van der Waals surface area contributed by atoms with E-state index in [9.17, 15) is 0 Å². The molecule has 0 amide bonds. The Bertz CT molecular complexity index is 31.5. The molecule has 0 spiro atoms. The van der Waals surface area contributed by atoms with Gasteiger partial charge in [0, 0.05) is 35.6 Å². The first-order valence-corrected chi connectivity index (χ1v) is 2.68. The summed E-state index contributed by atoms with van der Waals surface area (Å²) in [6.07, 6.45) is 0. The molecule has 4 N–H and O–H groups in total. The normalized spacial score (nSPS) is 8.57. The molecule has 7 heteroatoms. The summed E-state index contributed by atoms with van der Waals surface area (Å²) in [5, 5.41) is 0. The molecular weight excluding hydrogens is 270 g/mol. The van der Waals surface area contributed by atoms with E-state index in [1.807, 2.05) is 0 Å². The molecule has 4 nitrogen and oxygen atoms in total. The van der Waals surface area contributed by atoms with Crippen molar-refractivity contribution in [2.24, 2.45) is 0 Å². The third-order valence-corrected chi connectivity index (χ3v) is 0. The fourth-order valence-electron chi connectivity index (χ4n) is 0. The van der Waals surface area contributed by atoms with Crippen LogP contribution in [0, 0.1) is 35.6 Å². The van der Waals surface area contributed by atoms with E-state index in [-0.39, 0.29) is 88.4 Å². The molecule has 0 rings (SSSR count). The van der Waals surface area contributed by atoms with Gasteiger partial charge in [0.15, 0.2) is 0 Å². The molecule has 0 saturated carbocycles. The predicted molar refractivity (Wildman–Crippen MR) is 15.7 cm³/mol. The zero-order valence-corrected chi connectivity index (χ0v) is 11.6. The van der Waals surface area contributed by atoms with Crippen molar-refractivity contribution in [1.82, 2.24) is 0 Å². The van der Waals surface area contributed by atoms with Crippen LogP contribution in [-0.2, 0) is 0 Å². The van der Waals surface area contributed by atoms with Gasteiger partial charge in [-0.25, -0.2) is 0 Å². The quantitative estimate of drug-likeness (QED) is 0.333. The molecule has 1 radical (unpaired) electrons. The van der Waals surface area contributed by atoms with Crippen molar-refractivity contribution < 1.29 is 108 Å². The average molecular weight is 275 g/mol. The molecule has 37 valence electrons. The van der Waals surface area contributed by atoms with Crippen LogP contribution in [0.4, 0.5) is 0 Å². The third-order valence-electron chi connectivity index (χ3n) is 0. The van der Waals surface area contributed by atoms with Gasteiger partial charge < -0.3 is 20.6 Å². The third kappa shape index (κ3) is 50.6. The van der Waals surface area contributed by atoms with Crippen molar-refractivity contribution in [2.75, 3.05) is 0 Å². The maximum atomic E-state index is 7.33. The van der Waals surface area contributed by atoms with Crippen LogP contribution < -0.4 is 51.4 Å². The largest absolute Gasteiger partial charge is 1.00 e. The maximum absolute atomic E-state index is 7.33. The van der Waals surface area contributed by atoms with Crippen LogP contribution in [0.5, 0.6) is 0 Å². The van der Waals surface area contributed by atoms with Crippen LogP contribution >= 0.6 is 0 Å². The van der Waals surface area contributed by atoms with E-state index >= 15 is 0 Å². The molecule has 0 aliphatic rings. The Morgan fingerprint density at radius 1 is 1.00 bits per heavy atom. The maximum Gasteiger partial charge on any atom is 1.00 e. The van der Waals surface area contributed by atoms with Crippen molar-refractivity contribution in [3.8, 4) is 0 Å². The molecule has 0 unspecified atom stereocenters. The van der Waals surface area contributed by atoms with E-state index in [2.05, 4.69) is 0 Å². The monoisotopic (exact) mass is 275 g/mol. The van der Waals surface area contributed by atoms with Gasteiger partial charge in [-0.05, 0) is 0 Å². The van der Waals surface area contributed by atoms with Crippen LogP contribution in [0.2, 0.25) is 0 Å². The Balaban J connectivity index is -0.0000000267. The predicted octanol–water partition coefficient (Wildman–Crippen LogP) is -5.49. The van der Waals surface area contributed by atoms with Gasteiger partial charge in [-0.1, -0.05) is 0 Å². The van der Waals surface area contributed by atoms with Gasteiger partial charge in [-0.15, -0.1) is 0 Å². The van der Waals surface area contributed by atoms with E-state index in [1.165, 1.54) is 0 Å². The molecule has 0 bridgehead atoms. The van der Waals surface area contributed by atoms with Crippen molar-refractivity contribution >= 4 is 9.05 Å². The summed E-state index contributed by atoms with van der Waals surface area (Å²) in [5.41, 5.74) is 0. The minimum Gasteiger partial charge on any atom is -1.00 e. The number of rotatable bonds is 0. The van der Waals surface area contributed by atoms with E-state index < -0.39 is 9.05 Å². The first-order chi connectivity index (χ1) is 2.00. The minimum atomic E-state index is -4.61. The summed E-state index contributed by atoms with van der Waals surface area (Å²) in [6, 6.07) is 0. The second-order valence-electron chi connectivity index (χ2n) is 0.600. The number of hydrogen-bond donors (Lipinski definition) is 4. The molecular formula is H5KLaO4Si. The molecule has 0 aromatic rings. The van der Waals surface area contributed by atoms with Crippen molar-refractivity contribution in [3.63, 3.8) is 0 Å². The first-order valence-electron chi connectivity index (χ1n) is 0.894. The SMILES string of the molecule is O[Si](O)(O)O.[H-].[K+].[La]. The number of hydrogen-bond acceptors (Lipinski definition) is 4. The topological polar surface area (TPSA) is 80.9 Å². The van der Waals surface area contributed by atoms with E-state index in [0.29, 0.717) is 0 Å². The Hall–Kier alpha value is 2.89. The van der Waals surface area contributed by atoms with Gasteiger partial charge in [-0.3, -0.25) is 0 Å². The molecule has 7 heavy (non-hydrogen) atoms. The first kappa shape index (κ1) is 16.5. The molecule has 0 heterocycles. The van der Waals surface area contributed by atoms with Crippen LogP contribution in [0.25, 0.3) is 0 Å². The van der Waals surface area contributed by atoms with Crippen molar-refractivity contribution in [2.45, 2.75) is 0 Å². The zero-order chi connectivity index (χ0) is 4.50. The van der Waals surface area contributed by atoms with E-state index in [1.54, 1.807) is 0 Å². The summed E-state index contributed by atoms with van der Waals surface area (Å²) < 4.78 is 0. The van der Waals surface area contributed by atoms with Gasteiger partial charge >= 0.3 is 60.4 Å². The second-order valence-corrected chi connectivity index (χ2v) is 1.80. The molecule has 0 aliphatic heterocycles. The fraction of sp³-hybridized carbons (Fsp3) is 0. The summed E-state index contributed by atoms with van der Waals surface area (Å²) >= 11 is 0. The summed E-state index contributed by atoms with van der Waals surface area (Å²) in [5.74, 6) is 0. The molecule has 0 fully saturated rings. The van der Waals surface area contributed by atoms with Gasteiger partial charge in [0.1, 0.15) is 0 Å². The van der Waals surface area contributed by atoms with Crippen molar-refractivity contribution in [1.29, 1.82) is 0 Å². The van der Waals surface area contributed by atoms with E-state index in [0.717, 1.165) is 0 Å². The fourth-order valence-corrected chi connectivity index (χ4v) is 0. The van der Waals surface area contributed by atoms with Gasteiger partial charge in [0.05, 0.1) is 0 Å². The van der Waals surface area contributed by atoms with Crippen LogP contribution in [0.15, 0.2) is 0 Å². The zero-order valence-electron chi connectivity index (χ0n) is 4.87. The van der Waals surface area contributed by atoms with Crippen LogP contribution in [0.1, 0.15) is 1.43 Å². The Morgan fingerprint density at radius 2 is 1.00 bits per heavy atom. The summed E-state index contributed by atoms with van der Waals surface area (Å²) in [7, 11) is -4.61. The molecule has 0 atom stereocenters. The second kappa shape index (κ2) is 7.00. The molecule has 0 aromatic carbocycles. The Kier molecular flexibility index (Phi) is 16.5. The molecule has 0 aliphatic carbocycles. The summed E-state index contributed by atoms with van der Waals surface area (Å²) in [4.78, 5) is 29.3. The van der Waals surface area contributed by atoms with Gasteiger partial charge in [-0.2, -0.15) is 0 Å². The van der Waals surface area contributed by atoms with Crippen molar-refractivity contribution in [3.05, 3.63) is 0 Å². The average Bonchev–Trinajstić information content (AvgIpc) is 0.722. The summed E-state index contributed by atoms with van der Waals surface area (Å²) in [6.45, 7) is 0. The smallest absolute Gasteiger partial charge is 1.00 e.